The highest BCUT2D eigenvalue weighted by Crippen LogP contribution is 2.24. The summed E-state index contributed by atoms with van der Waals surface area (Å²) >= 11 is 12.7. The Bertz CT molecular complexity index is 735. The van der Waals surface area contributed by atoms with Crippen LogP contribution in [0.25, 0.3) is 0 Å². The minimum Gasteiger partial charge on any atom is -0.481 e. The molecule has 2 aromatic rings. The van der Waals surface area contributed by atoms with Crippen molar-refractivity contribution >= 4 is 55.3 Å². The molecule has 2 aromatic carbocycles. The van der Waals surface area contributed by atoms with E-state index in [-0.39, 0.29) is 12.0 Å². The van der Waals surface area contributed by atoms with Crippen molar-refractivity contribution in [2.24, 2.45) is 0 Å². The molecular weight excluding hydrogens is 449 g/mol. The van der Waals surface area contributed by atoms with Crippen LogP contribution < -0.4 is 5.32 Å². The first kappa shape index (κ1) is 18.0. The van der Waals surface area contributed by atoms with Gasteiger partial charge in [0, 0.05) is 8.95 Å². The first-order valence-electron chi connectivity index (χ1n) is 6.60. The molecule has 0 saturated carbocycles. The van der Waals surface area contributed by atoms with Gasteiger partial charge in [-0.15, -0.1) is 0 Å². The topological polar surface area (TPSA) is 66.4 Å². The zero-order chi connectivity index (χ0) is 17.0. The average Bonchev–Trinajstić information content (AvgIpc) is 2.49. The molecule has 120 valence electrons. The maximum atomic E-state index is 12.4. The smallest absolute Gasteiger partial charge is 0.305 e. The first-order valence-corrected chi connectivity index (χ1v) is 8.56. The predicted octanol–water partition coefficient (Wildman–Crippen LogP) is 4.81. The van der Waals surface area contributed by atoms with E-state index in [1.165, 1.54) is 0 Å². The monoisotopic (exact) mass is 459 g/mol. The number of amides is 1. The number of hydrogen-bond donors (Lipinski definition) is 2. The number of rotatable bonds is 5. The summed E-state index contributed by atoms with van der Waals surface area (Å²) in [6.07, 6.45) is -0.223. The summed E-state index contributed by atoms with van der Waals surface area (Å²) in [5.74, 6) is -1.43. The molecule has 1 atom stereocenters. The SMILES string of the molecule is O=C(O)CC(NC(=O)c1cc(Br)ccc1Cl)c1ccc(Br)cc1. The summed E-state index contributed by atoms with van der Waals surface area (Å²) in [5, 5.41) is 12.1. The Morgan fingerprint density at radius 3 is 2.30 bits per heavy atom. The van der Waals surface area contributed by atoms with E-state index in [1.54, 1.807) is 42.5 Å². The fourth-order valence-corrected chi connectivity index (χ4v) is 2.86. The number of carbonyl (C=O) groups excluding carboxylic acids is 1. The lowest BCUT2D eigenvalue weighted by molar-refractivity contribution is -0.137. The number of hydrogen-bond acceptors (Lipinski definition) is 2. The lowest BCUT2D eigenvalue weighted by atomic mass is 10.0. The van der Waals surface area contributed by atoms with Crippen LogP contribution in [0.1, 0.15) is 28.4 Å². The van der Waals surface area contributed by atoms with Gasteiger partial charge in [-0.1, -0.05) is 55.6 Å². The van der Waals surface area contributed by atoms with Gasteiger partial charge in [-0.25, -0.2) is 0 Å². The van der Waals surface area contributed by atoms with E-state index in [4.69, 9.17) is 16.7 Å². The second-order valence-electron chi connectivity index (χ2n) is 4.80. The molecule has 0 aliphatic rings. The van der Waals surface area contributed by atoms with Crippen molar-refractivity contribution in [3.05, 3.63) is 67.6 Å². The molecule has 23 heavy (non-hydrogen) atoms. The number of carbonyl (C=O) groups is 2. The quantitative estimate of drug-likeness (QED) is 0.672. The van der Waals surface area contributed by atoms with Gasteiger partial charge in [0.2, 0.25) is 0 Å². The number of benzene rings is 2. The number of nitrogens with one attached hydrogen (secondary N) is 1. The van der Waals surface area contributed by atoms with Crippen molar-refractivity contribution < 1.29 is 14.7 Å². The summed E-state index contributed by atoms with van der Waals surface area (Å²) in [6, 6.07) is 11.4. The highest BCUT2D eigenvalue weighted by Gasteiger charge is 2.20. The minimum atomic E-state index is -1.00. The van der Waals surface area contributed by atoms with E-state index in [0.717, 1.165) is 4.47 Å². The van der Waals surface area contributed by atoms with Gasteiger partial charge in [-0.2, -0.15) is 0 Å². The Morgan fingerprint density at radius 2 is 1.70 bits per heavy atom. The third kappa shape index (κ3) is 5.06. The van der Waals surface area contributed by atoms with Gasteiger partial charge in [0.05, 0.1) is 23.0 Å². The van der Waals surface area contributed by atoms with Crippen molar-refractivity contribution in [2.45, 2.75) is 12.5 Å². The Morgan fingerprint density at radius 1 is 1.09 bits per heavy atom. The zero-order valence-corrected chi connectivity index (χ0v) is 15.7. The molecule has 0 spiro atoms. The van der Waals surface area contributed by atoms with Crippen LogP contribution in [-0.4, -0.2) is 17.0 Å². The molecule has 2 N–H and O–H groups in total. The van der Waals surface area contributed by atoms with Gasteiger partial charge >= 0.3 is 5.97 Å². The summed E-state index contributed by atoms with van der Waals surface area (Å²) < 4.78 is 1.59. The maximum absolute atomic E-state index is 12.4. The van der Waals surface area contributed by atoms with Crippen LogP contribution in [0.5, 0.6) is 0 Å². The first-order chi connectivity index (χ1) is 10.9. The molecule has 1 unspecified atom stereocenters. The lowest BCUT2D eigenvalue weighted by Crippen LogP contribution is -2.30. The largest absolute Gasteiger partial charge is 0.481 e. The molecule has 0 bridgehead atoms. The predicted molar refractivity (Wildman–Crippen MR) is 95.8 cm³/mol. The molecule has 4 nitrogen and oxygen atoms in total. The highest BCUT2D eigenvalue weighted by atomic mass is 79.9. The van der Waals surface area contributed by atoms with Gasteiger partial charge in [-0.3, -0.25) is 9.59 Å². The lowest BCUT2D eigenvalue weighted by Gasteiger charge is -2.18. The van der Waals surface area contributed by atoms with Crippen LogP contribution in [-0.2, 0) is 4.79 Å². The third-order valence-corrected chi connectivity index (χ3v) is 4.48. The standard InChI is InChI=1S/C16H12Br2ClNO3/c17-10-3-1-9(2-4-10)14(8-15(21)22)20-16(23)12-7-11(18)5-6-13(12)19/h1-7,14H,8H2,(H,20,23)(H,21,22). The van der Waals surface area contributed by atoms with E-state index in [9.17, 15) is 9.59 Å². The van der Waals surface area contributed by atoms with E-state index in [0.29, 0.717) is 15.1 Å². The third-order valence-electron chi connectivity index (χ3n) is 3.13. The zero-order valence-electron chi connectivity index (χ0n) is 11.7. The van der Waals surface area contributed by atoms with Gasteiger partial charge in [0.25, 0.3) is 5.91 Å². The number of halogens is 3. The second-order valence-corrected chi connectivity index (χ2v) is 7.04. The van der Waals surface area contributed by atoms with Gasteiger partial charge in [0.15, 0.2) is 0 Å². The van der Waals surface area contributed by atoms with Gasteiger partial charge in [0.1, 0.15) is 0 Å². The van der Waals surface area contributed by atoms with Crippen LogP contribution in [0.2, 0.25) is 5.02 Å². The molecule has 7 heteroatoms. The number of carboxylic acids is 1. The Hall–Kier alpha value is -1.37. The summed E-state index contributed by atoms with van der Waals surface area (Å²) in [7, 11) is 0. The second kappa shape index (κ2) is 7.95. The maximum Gasteiger partial charge on any atom is 0.305 e. The van der Waals surface area contributed by atoms with Crippen molar-refractivity contribution in [1.29, 1.82) is 0 Å². The molecule has 2 rings (SSSR count). The van der Waals surface area contributed by atoms with Crippen molar-refractivity contribution in [3.8, 4) is 0 Å². The summed E-state index contributed by atoms with van der Waals surface area (Å²) in [4.78, 5) is 23.5. The molecule has 0 aliphatic carbocycles. The Kier molecular flexibility index (Phi) is 6.21. The fourth-order valence-electron chi connectivity index (χ4n) is 2.03. The molecule has 0 aliphatic heterocycles. The van der Waals surface area contributed by atoms with E-state index in [2.05, 4.69) is 37.2 Å². The Balaban J connectivity index is 2.26. The molecule has 1 amide bonds. The number of aliphatic carboxylic acids is 1. The van der Waals surface area contributed by atoms with Gasteiger partial charge < -0.3 is 10.4 Å². The molecule has 0 saturated heterocycles. The van der Waals surface area contributed by atoms with E-state index >= 15 is 0 Å². The van der Waals surface area contributed by atoms with Crippen molar-refractivity contribution in [3.63, 3.8) is 0 Å². The van der Waals surface area contributed by atoms with Crippen LogP contribution in [0.3, 0.4) is 0 Å². The molecule has 0 radical (unpaired) electrons. The van der Waals surface area contributed by atoms with E-state index < -0.39 is 17.9 Å². The average molecular weight is 462 g/mol. The molecule has 0 fully saturated rings. The number of carboxylic acid groups (broad SMARTS) is 1. The van der Waals surface area contributed by atoms with Crippen LogP contribution >= 0.6 is 43.5 Å². The fraction of sp³-hybridized carbons (Fsp3) is 0.125. The summed E-state index contributed by atoms with van der Waals surface area (Å²) in [5.41, 5.74) is 0.989. The summed E-state index contributed by atoms with van der Waals surface area (Å²) in [6.45, 7) is 0. The molecule has 0 aromatic heterocycles. The van der Waals surface area contributed by atoms with Crippen molar-refractivity contribution in [1.82, 2.24) is 5.32 Å². The van der Waals surface area contributed by atoms with Crippen LogP contribution in [0, 0.1) is 0 Å². The minimum absolute atomic E-state index is 0.223. The van der Waals surface area contributed by atoms with Crippen molar-refractivity contribution in [2.75, 3.05) is 0 Å². The van der Waals surface area contributed by atoms with E-state index in [1.807, 2.05) is 0 Å². The normalized spacial score (nSPS) is 11.8. The Labute approximate surface area is 155 Å². The van der Waals surface area contributed by atoms with Gasteiger partial charge in [-0.05, 0) is 35.9 Å². The molecular formula is C16H12Br2ClNO3. The van der Waals surface area contributed by atoms with Crippen LogP contribution in [0.15, 0.2) is 51.4 Å². The van der Waals surface area contributed by atoms with Crippen LogP contribution in [0.4, 0.5) is 0 Å². The highest BCUT2D eigenvalue weighted by molar-refractivity contribution is 9.10. The molecule has 0 heterocycles.